The minimum absolute atomic E-state index is 0.241. The summed E-state index contributed by atoms with van der Waals surface area (Å²) >= 11 is 0. The fourth-order valence-corrected chi connectivity index (χ4v) is 12.3. The Hall–Kier alpha value is -7.78. The zero-order chi connectivity index (χ0) is 55.1. The molecule has 1 unspecified atom stereocenters. The summed E-state index contributed by atoms with van der Waals surface area (Å²) in [5.74, 6) is 1.44. The van der Waals surface area contributed by atoms with Gasteiger partial charge in [0.05, 0.1) is 17.7 Å². The largest absolute Gasteiger partial charge is 0.494 e. The van der Waals surface area contributed by atoms with E-state index in [-0.39, 0.29) is 22.7 Å². The topological polar surface area (TPSA) is 61.8 Å². The van der Waals surface area contributed by atoms with Crippen molar-refractivity contribution in [3.05, 3.63) is 225 Å². The highest BCUT2D eigenvalue weighted by atomic mass is 19.4. The van der Waals surface area contributed by atoms with E-state index in [4.69, 9.17) is 14.2 Å². The highest BCUT2D eigenvalue weighted by molar-refractivity contribution is 6.13. The van der Waals surface area contributed by atoms with E-state index in [2.05, 4.69) is 52.0 Å². The normalized spacial score (nSPS) is 18.1. The van der Waals surface area contributed by atoms with Crippen LogP contribution >= 0.6 is 0 Å². The number of unbranched alkanes of at least 4 members (excludes halogenated alkanes) is 3. The third kappa shape index (κ3) is 10.4. The molecule has 0 N–H and O–H groups in total. The number of ether oxygens (including phenoxy) is 3. The van der Waals surface area contributed by atoms with Gasteiger partial charge in [0.25, 0.3) is 0 Å². The van der Waals surface area contributed by atoms with Crippen molar-refractivity contribution in [2.45, 2.75) is 115 Å². The summed E-state index contributed by atoms with van der Waals surface area (Å²) in [5, 5.41) is 0.766. The summed E-state index contributed by atoms with van der Waals surface area (Å²) in [6.07, 6.45) is 11.5. The van der Waals surface area contributed by atoms with Crippen molar-refractivity contribution >= 4 is 28.6 Å². The van der Waals surface area contributed by atoms with E-state index in [1.807, 2.05) is 60.7 Å². The predicted molar refractivity (Wildman–Crippen MR) is 306 cm³/mol. The molecule has 8 aromatic carbocycles. The van der Waals surface area contributed by atoms with Gasteiger partial charge in [-0.2, -0.15) is 13.2 Å². The van der Waals surface area contributed by atoms with E-state index in [1.165, 1.54) is 75.1 Å². The maximum absolute atomic E-state index is 14.7. The van der Waals surface area contributed by atoms with E-state index >= 15 is 0 Å². The lowest BCUT2D eigenvalue weighted by Gasteiger charge is -2.38. The summed E-state index contributed by atoms with van der Waals surface area (Å²) < 4.78 is 77.6. The van der Waals surface area contributed by atoms with Gasteiger partial charge < -0.3 is 14.2 Å². The summed E-state index contributed by atoms with van der Waals surface area (Å²) in [4.78, 5) is 27.8. The molecule has 0 aromatic heterocycles. The summed E-state index contributed by atoms with van der Waals surface area (Å²) in [7, 11) is 0. The number of alkyl halides is 3. The van der Waals surface area contributed by atoms with Crippen LogP contribution in [0.3, 0.4) is 0 Å². The lowest BCUT2D eigenvalue weighted by atomic mass is 9.76. The molecule has 402 valence electrons. The van der Waals surface area contributed by atoms with Gasteiger partial charge in [-0.3, -0.25) is 4.79 Å². The second-order valence-corrected chi connectivity index (χ2v) is 22.2. The molecule has 5 nitrogen and oxygen atoms in total. The fraction of sp³-hybridized carbons (Fsp3) is 0.286. The van der Waals surface area contributed by atoms with Gasteiger partial charge in [-0.15, -0.1) is 0 Å². The maximum Gasteiger partial charge on any atom is 0.416 e. The van der Waals surface area contributed by atoms with Crippen molar-refractivity contribution in [3.8, 4) is 39.5 Å². The summed E-state index contributed by atoms with van der Waals surface area (Å²) in [6, 6.07) is 45.3. The molecule has 0 radical (unpaired) electrons. The Morgan fingerprint density at radius 1 is 0.646 bits per heavy atom. The molecule has 1 atom stereocenters. The number of carbonyl (C=O) groups is 2. The molecule has 3 aliphatic rings. The molecule has 0 amide bonds. The van der Waals surface area contributed by atoms with Crippen LogP contribution in [0.1, 0.15) is 163 Å². The van der Waals surface area contributed by atoms with Gasteiger partial charge in [-0.25, -0.2) is 9.18 Å². The average Bonchev–Trinajstić information content (AvgIpc) is 3.11. The monoisotopic (exact) mass is 1060 g/mol. The summed E-state index contributed by atoms with van der Waals surface area (Å²) in [6.45, 7) is 9.03. The van der Waals surface area contributed by atoms with Crippen molar-refractivity contribution in [3.63, 3.8) is 0 Å². The van der Waals surface area contributed by atoms with Crippen LogP contribution in [0.4, 0.5) is 17.6 Å². The SMILES string of the molecule is CCCCCC1CCC(c2ccc(-c3ccc(C(=O)Oc4ccc(C(=O)c5ccc6c(c5)-c5c(c7c(c8cc(C(F)(F)F)ccc58)OC(c5ccc(F)cc5)(c5ccc(OCCCC)cc5)C=C7)C6(C)C)cc4)cc3)cc2)CC1. The van der Waals surface area contributed by atoms with Crippen LogP contribution in [-0.2, 0) is 17.2 Å². The van der Waals surface area contributed by atoms with Crippen molar-refractivity contribution in [1.82, 2.24) is 0 Å². The molecule has 1 fully saturated rings. The minimum Gasteiger partial charge on any atom is -0.494 e. The molecule has 2 aliphatic carbocycles. The Morgan fingerprint density at radius 2 is 1.27 bits per heavy atom. The van der Waals surface area contributed by atoms with E-state index < -0.39 is 34.5 Å². The number of rotatable bonds is 16. The van der Waals surface area contributed by atoms with Crippen LogP contribution in [0.5, 0.6) is 17.2 Å². The smallest absolute Gasteiger partial charge is 0.416 e. The molecule has 9 heteroatoms. The van der Waals surface area contributed by atoms with Gasteiger partial charge in [0, 0.05) is 38.6 Å². The number of benzene rings is 8. The predicted octanol–water partition coefficient (Wildman–Crippen LogP) is 18.8. The van der Waals surface area contributed by atoms with Crippen LogP contribution in [0.2, 0.25) is 0 Å². The zero-order valence-electron chi connectivity index (χ0n) is 45.2. The standard InChI is InChI=1S/C70H64F4O5/c1-5-7-9-10-44-11-13-45(14-12-44)46-15-17-47(18-16-46)48-19-21-50(22-20-48)67(76)78-57-33-23-49(24-34-57)65(75)51-25-38-62-61(42-51)63-58-37-30-54(70(72,73)74)43-60(58)66-59(64(63)68(62,3)4)39-40-69(79-66,52-26-31-55(71)32-27-52)53-28-35-56(36-29-53)77-41-8-6-2/h15-40,42-45H,5-14,41H2,1-4H3. The molecule has 0 saturated heterocycles. The molecule has 1 heterocycles. The van der Waals surface area contributed by atoms with Crippen LogP contribution < -0.4 is 14.2 Å². The molecule has 8 aromatic rings. The Kier molecular flexibility index (Phi) is 14.7. The summed E-state index contributed by atoms with van der Waals surface area (Å²) in [5.41, 5.74) is 6.76. The van der Waals surface area contributed by atoms with E-state index in [9.17, 15) is 27.2 Å². The van der Waals surface area contributed by atoms with Gasteiger partial charge >= 0.3 is 12.1 Å². The molecule has 1 saturated carbocycles. The van der Waals surface area contributed by atoms with E-state index in [1.54, 1.807) is 54.6 Å². The quantitative estimate of drug-likeness (QED) is 0.0317. The minimum atomic E-state index is -4.66. The molecular weight excluding hydrogens is 997 g/mol. The molecular formula is C70H64F4O5. The van der Waals surface area contributed by atoms with Crippen LogP contribution in [0.15, 0.2) is 164 Å². The van der Waals surface area contributed by atoms with Crippen molar-refractivity contribution in [2.75, 3.05) is 6.61 Å². The van der Waals surface area contributed by atoms with Crippen LogP contribution in [0.25, 0.3) is 39.1 Å². The molecule has 11 rings (SSSR count). The van der Waals surface area contributed by atoms with Crippen molar-refractivity contribution in [1.29, 1.82) is 0 Å². The molecule has 0 bridgehead atoms. The second kappa shape index (κ2) is 21.8. The first-order valence-electron chi connectivity index (χ1n) is 28.0. The Bertz CT molecular complexity index is 3570. The van der Waals surface area contributed by atoms with Crippen LogP contribution in [0, 0.1) is 11.7 Å². The number of esters is 1. The second-order valence-electron chi connectivity index (χ2n) is 22.2. The Balaban J connectivity index is 0.846. The first-order valence-corrected chi connectivity index (χ1v) is 28.0. The molecule has 0 spiro atoms. The van der Waals surface area contributed by atoms with E-state index in [0.29, 0.717) is 62.6 Å². The Morgan fingerprint density at radius 3 is 1.92 bits per heavy atom. The number of hydrogen-bond donors (Lipinski definition) is 0. The van der Waals surface area contributed by atoms with Gasteiger partial charge in [0.1, 0.15) is 23.1 Å². The zero-order valence-corrected chi connectivity index (χ0v) is 45.2. The first-order chi connectivity index (χ1) is 38.1. The number of ketones is 1. The van der Waals surface area contributed by atoms with Gasteiger partial charge in [0.15, 0.2) is 11.4 Å². The lowest BCUT2D eigenvalue weighted by Crippen LogP contribution is -2.35. The Labute approximate surface area is 460 Å². The number of halogens is 4. The van der Waals surface area contributed by atoms with Gasteiger partial charge in [-0.05, 0) is 173 Å². The van der Waals surface area contributed by atoms with Gasteiger partial charge in [-0.1, -0.05) is 145 Å². The molecule has 79 heavy (non-hydrogen) atoms. The lowest BCUT2D eigenvalue weighted by molar-refractivity contribution is -0.137. The molecule has 1 aliphatic heterocycles. The van der Waals surface area contributed by atoms with Gasteiger partial charge in [0.2, 0.25) is 0 Å². The number of hydrogen-bond acceptors (Lipinski definition) is 5. The third-order valence-electron chi connectivity index (χ3n) is 16.8. The van der Waals surface area contributed by atoms with Crippen molar-refractivity contribution in [2.24, 2.45) is 5.92 Å². The third-order valence-corrected chi connectivity index (χ3v) is 16.8. The van der Waals surface area contributed by atoms with Crippen LogP contribution in [-0.4, -0.2) is 18.4 Å². The maximum atomic E-state index is 14.7. The highest BCUT2D eigenvalue weighted by Gasteiger charge is 2.45. The average molecular weight is 1060 g/mol. The fourth-order valence-electron chi connectivity index (χ4n) is 12.3. The van der Waals surface area contributed by atoms with Crippen molar-refractivity contribution < 1.29 is 41.4 Å². The number of carbonyl (C=O) groups excluding carboxylic acids is 2. The number of fused-ring (bicyclic) bond motifs is 8. The van der Waals surface area contributed by atoms with E-state index in [0.717, 1.165) is 58.7 Å². The first kappa shape index (κ1) is 53.2. The highest BCUT2D eigenvalue weighted by Crippen LogP contribution is 2.59.